The highest BCUT2D eigenvalue weighted by Gasteiger charge is 2.20. The molecular formula is C17H18ClN5O. The topological polar surface area (TPSA) is 67.1 Å². The smallest absolute Gasteiger partial charge is 0.165 e. The van der Waals surface area contributed by atoms with E-state index >= 15 is 0 Å². The lowest BCUT2D eigenvalue weighted by atomic mass is 10.1. The molecule has 0 radical (unpaired) electrons. The number of aliphatic hydroxyl groups excluding tert-OH is 1. The van der Waals surface area contributed by atoms with Crippen LogP contribution in [0.25, 0.3) is 11.2 Å². The molecule has 1 N–H and O–H groups in total. The van der Waals surface area contributed by atoms with Gasteiger partial charge in [0.25, 0.3) is 0 Å². The highest BCUT2D eigenvalue weighted by atomic mass is 35.5. The van der Waals surface area contributed by atoms with Crippen LogP contribution in [0.2, 0.25) is 5.02 Å². The molecule has 0 aliphatic carbocycles. The van der Waals surface area contributed by atoms with Crippen LogP contribution in [0.3, 0.4) is 0 Å². The van der Waals surface area contributed by atoms with Gasteiger partial charge >= 0.3 is 0 Å². The van der Waals surface area contributed by atoms with Gasteiger partial charge in [0, 0.05) is 23.7 Å². The minimum absolute atomic E-state index is 0.344. The first-order valence-electron chi connectivity index (χ1n) is 8.07. The number of imidazole rings is 1. The maximum absolute atomic E-state index is 10.5. The van der Waals surface area contributed by atoms with Crippen molar-refractivity contribution in [1.29, 1.82) is 0 Å². The average Bonchev–Trinajstić information content (AvgIpc) is 3.25. The van der Waals surface area contributed by atoms with Gasteiger partial charge in [0.1, 0.15) is 6.33 Å². The van der Waals surface area contributed by atoms with Crippen molar-refractivity contribution in [2.45, 2.75) is 25.5 Å². The Labute approximate surface area is 144 Å². The first kappa shape index (κ1) is 15.4. The second-order valence-corrected chi connectivity index (χ2v) is 6.41. The average molecular weight is 344 g/mol. The van der Waals surface area contributed by atoms with Gasteiger partial charge < -0.3 is 14.6 Å². The Bertz CT molecular complexity index is 859. The van der Waals surface area contributed by atoms with E-state index in [1.54, 1.807) is 18.7 Å². The van der Waals surface area contributed by atoms with E-state index in [9.17, 15) is 5.11 Å². The Morgan fingerprint density at radius 3 is 2.71 bits per heavy atom. The summed E-state index contributed by atoms with van der Waals surface area (Å²) in [6.07, 6.45) is 4.91. The van der Waals surface area contributed by atoms with Gasteiger partial charge in [0.05, 0.1) is 19.0 Å². The lowest BCUT2D eigenvalue weighted by molar-refractivity contribution is 0.158. The molecule has 0 bridgehead atoms. The van der Waals surface area contributed by atoms with Gasteiger partial charge in [-0.2, -0.15) is 0 Å². The molecule has 3 heterocycles. The van der Waals surface area contributed by atoms with Crippen LogP contribution >= 0.6 is 11.6 Å². The fourth-order valence-corrected chi connectivity index (χ4v) is 3.45. The molecule has 4 rings (SSSR count). The number of anilines is 1. The molecule has 1 aromatic carbocycles. The van der Waals surface area contributed by atoms with E-state index in [2.05, 4.69) is 19.9 Å². The molecule has 1 fully saturated rings. The van der Waals surface area contributed by atoms with Crippen LogP contribution in [0.5, 0.6) is 0 Å². The third-order valence-corrected chi connectivity index (χ3v) is 4.77. The molecule has 0 spiro atoms. The zero-order chi connectivity index (χ0) is 16.5. The van der Waals surface area contributed by atoms with Gasteiger partial charge in [-0.25, -0.2) is 15.0 Å². The Morgan fingerprint density at radius 2 is 1.92 bits per heavy atom. The standard InChI is InChI=1S/C17H18ClN5O/c18-13-6-2-1-5-12(13)14(24)9-23-11-21-15-16(19-10-20-17(15)23)22-7-3-4-8-22/h1-2,5-6,10-11,14,24H,3-4,7-9H2. The molecule has 1 atom stereocenters. The van der Waals surface area contributed by atoms with E-state index in [1.165, 1.54) is 12.8 Å². The third kappa shape index (κ3) is 2.72. The lowest BCUT2D eigenvalue weighted by Gasteiger charge is -2.16. The minimum Gasteiger partial charge on any atom is -0.386 e. The van der Waals surface area contributed by atoms with Crippen LogP contribution in [0, 0.1) is 0 Å². The van der Waals surface area contributed by atoms with Crippen LogP contribution in [0.1, 0.15) is 24.5 Å². The summed E-state index contributed by atoms with van der Waals surface area (Å²) in [7, 11) is 0. The van der Waals surface area contributed by atoms with Gasteiger partial charge in [-0.1, -0.05) is 29.8 Å². The zero-order valence-corrected chi connectivity index (χ0v) is 13.9. The second-order valence-electron chi connectivity index (χ2n) is 6.00. The highest BCUT2D eigenvalue weighted by molar-refractivity contribution is 6.31. The number of rotatable bonds is 4. The van der Waals surface area contributed by atoms with Crippen molar-refractivity contribution < 1.29 is 5.11 Å². The summed E-state index contributed by atoms with van der Waals surface area (Å²) in [6, 6.07) is 7.32. The van der Waals surface area contributed by atoms with Crippen molar-refractivity contribution in [2.24, 2.45) is 0 Å². The van der Waals surface area contributed by atoms with Crippen LogP contribution < -0.4 is 4.90 Å². The molecule has 1 unspecified atom stereocenters. The first-order chi connectivity index (χ1) is 11.7. The number of halogens is 1. The molecule has 1 saturated heterocycles. The molecular weight excluding hydrogens is 326 g/mol. The van der Waals surface area contributed by atoms with Crippen molar-refractivity contribution in [3.05, 3.63) is 47.5 Å². The summed E-state index contributed by atoms with van der Waals surface area (Å²) >= 11 is 6.17. The van der Waals surface area contributed by atoms with Crippen LogP contribution in [0.15, 0.2) is 36.9 Å². The number of aliphatic hydroxyl groups is 1. The number of benzene rings is 1. The minimum atomic E-state index is -0.721. The summed E-state index contributed by atoms with van der Waals surface area (Å²) in [4.78, 5) is 15.5. The molecule has 24 heavy (non-hydrogen) atoms. The van der Waals surface area contributed by atoms with Crippen molar-refractivity contribution >= 4 is 28.6 Å². The summed E-state index contributed by atoms with van der Waals surface area (Å²) in [6.45, 7) is 2.35. The summed E-state index contributed by atoms with van der Waals surface area (Å²) in [5.41, 5.74) is 2.22. The van der Waals surface area contributed by atoms with Crippen molar-refractivity contribution in [2.75, 3.05) is 18.0 Å². The van der Waals surface area contributed by atoms with Gasteiger partial charge in [-0.05, 0) is 18.9 Å². The Morgan fingerprint density at radius 1 is 1.12 bits per heavy atom. The zero-order valence-electron chi connectivity index (χ0n) is 13.1. The van der Waals surface area contributed by atoms with Gasteiger partial charge in [0.2, 0.25) is 0 Å². The highest BCUT2D eigenvalue weighted by Crippen LogP contribution is 2.27. The van der Waals surface area contributed by atoms with Crippen LogP contribution in [0.4, 0.5) is 5.82 Å². The molecule has 6 nitrogen and oxygen atoms in total. The first-order valence-corrected chi connectivity index (χ1v) is 8.45. The van der Waals surface area contributed by atoms with Crippen molar-refractivity contribution in [1.82, 2.24) is 19.5 Å². The summed E-state index contributed by atoms with van der Waals surface area (Å²) in [5.74, 6) is 0.878. The lowest BCUT2D eigenvalue weighted by Crippen LogP contribution is -2.19. The predicted octanol–water partition coefficient (Wildman–Crippen LogP) is 2.81. The molecule has 3 aromatic rings. The van der Waals surface area contributed by atoms with Crippen LogP contribution in [-0.4, -0.2) is 37.7 Å². The van der Waals surface area contributed by atoms with Crippen molar-refractivity contribution in [3.63, 3.8) is 0 Å². The second kappa shape index (κ2) is 6.37. The number of nitrogens with zero attached hydrogens (tertiary/aromatic N) is 5. The Kier molecular flexibility index (Phi) is 4.08. The third-order valence-electron chi connectivity index (χ3n) is 4.42. The normalized spacial score (nSPS) is 16.0. The van der Waals surface area contributed by atoms with Gasteiger partial charge in [-0.15, -0.1) is 0 Å². The van der Waals surface area contributed by atoms with Crippen LogP contribution in [-0.2, 0) is 6.54 Å². The number of hydrogen-bond acceptors (Lipinski definition) is 5. The fourth-order valence-electron chi connectivity index (χ4n) is 3.19. The van der Waals surface area contributed by atoms with E-state index in [0.717, 1.165) is 30.1 Å². The number of hydrogen-bond donors (Lipinski definition) is 1. The van der Waals surface area contributed by atoms with E-state index < -0.39 is 6.10 Å². The van der Waals surface area contributed by atoms with E-state index in [-0.39, 0.29) is 0 Å². The molecule has 0 saturated carbocycles. The SMILES string of the molecule is OC(Cn1cnc2c(N3CCCC3)ncnc21)c1ccccc1Cl. The maximum atomic E-state index is 10.5. The van der Waals surface area contributed by atoms with Gasteiger partial charge in [0.15, 0.2) is 17.0 Å². The Balaban J connectivity index is 1.66. The molecule has 2 aromatic heterocycles. The summed E-state index contributed by atoms with van der Waals surface area (Å²) < 4.78 is 1.85. The van der Waals surface area contributed by atoms with E-state index in [1.807, 2.05) is 22.8 Å². The number of aromatic nitrogens is 4. The molecule has 7 heteroatoms. The molecule has 124 valence electrons. The summed E-state index contributed by atoms with van der Waals surface area (Å²) in [5, 5.41) is 11.1. The van der Waals surface area contributed by atoms with Gasteiger partial charge in [-0.3, -0.25) is 0 Å². The van der Waals surface area contributed by atoms with E-state index in [0.29, 0.717) is 17.1 Å². The van der Waals surface area contributed by atoms with E-state index in [4.69, 9.17) is 11.6 Å². The largest absolute Gasteiger partial charge is 0.386 e. The quantitative estimate of drug-likeness (QED) is 0.789. The Hall–Kier alpha value is -2.18. The molecule has 0 amide bonds. The number of fused-ring (bicyclic) bond motifs is 1. The molecule has 1 aliphatic heterocycles. The molecule has 1 aliphatic rings. The monoisotopic (exact) mass is 343 g/mol. The predicted molar refractivity (Wildman–Crippen MR) is 93.2 cm³/mol. The fraction of sp³-hybridized carbons (Fsp3) is 0.353. The maximum Gasteiger partial charge on any atom is 0.165 e. The van der Waals surface area contributed by atoms with Crippen molar-refractivity contribution in [3.8, 4) is 0 Å².